The number of guanidine groups is 1. The summed E-state index contributed by atoms with van der Waals surface area (Å²) in [6.45, 7) is 7.58. The Morgan fingerprint density at radius 3 is 2.64 bits per heavy atom. The van der Waals surface area contributed by atoms with Crippen molar-refractivity contribution in [3.05, 3.63) is 29.8 Å². The minimum absolute atomic E-state index is 0.000293. The minimum Gasteiger partial charge on any atom is -0.357 e. The number of hydrogen-bond acceptors (Lipinski definition) is 2. The standard InChI is InChI=1S/C22H35N5O/c1-3-23-21(25-19-11-9-17(2)10-12-19)24-16-18-7-6-8-20(15-18)26-22(28)27-13-4-5-14-27/h6-8,15,17,19H,3-5,9-14,16H2,1-2H3,(H,26,28)(H2,23,24,25). The fraction of sp³-hybridized carbons (Fsp3) is 0.636. The number of amides is 2. The van der Waals surface area contributed by atoms with E-state index in [2.05, 4.69) is 35.9 Å². The molecule has 6 nitrogen and oxygen atoms in total. The average Bonchev–Trinajstić information content (AvgIpc) is 3.23. The molecular formula is C22H35N5O. The number of rotatable bonds is 5. The number of benzene rings is 1. The molecule has 3 rings (SSSR count). The summed E-state index contributed by atoms with van der Waals surface area (Å²) < 4.78 is 0. The van der Waals surface area contributed by atoms with Crippen LogP contribution in [0, 0.1) is 5.92 Å². The summed E-state index contributed by atoms with van der Waals surface area (Å²) >= 11 is 0. The molecule has 0 aromatic heterocycles. The third-order valence-electron chi connectivity index (χ3n) is 5.69. The zero-order chi connectivity index (χ0) is 19.8. The Morgan fingerprint density at radius 1 is 1.18 bits per heavy atom. The van der Waals surface area contributed by atoms with E-state index in [9.17, 15) is 4.79 Å². The highest BCUT2D eigenvalue weighted by Crippen LogP contribution is 2.23. The van der Waals surface area contributed by atoms with E-state index in [0.717, 1.165) is 55.6 Å². The highest BCUT2D eigenvalue weighted by molar-refractivity contribution is 5.89. The van der Waals surface area contributed by atoms with E-state index in [0.29, 0.717) is 12.6 Å². The summed E-state index contributed by atoms with van der Waals surface area (Å²) in [6, 6.07) is 8.51. The lowest BCUT2D eigenvalue weighted by Gasteiger charge is -2.28. The van der Waals surface area contributed by atoms with Gasteiger partial charge in [-0.2, -0.15) is 0 Å². The molecule has 0 unspecified atom stereocenters. The lowest BCUT2D eigenvalue weighted by molar-refractivity contribution is 0.222. The van der Waals surface area contributed by atoms with Gasteiger partial charge in [0.05, 0.1) is 6.54 Å². The van der Waals surface area contributed by atoms with E-state index in [-0.39, 0.29) is 6.03 Å². The van der Waals surface area contributed by atoms with Crippen LogP contribution in [-0.2, 0) is 6.54 Å². The van der Waals surface area contributed by atoms with Gasteiger partial charge in [-0.3, -0.25) is 0 Å². The van der Waals surface area contributed by atoms with Crippen LogP contribution in [0.2, 0.25) is 0 Å². The van der Waals surface area contributed by atoms with E-state index in [1.54, 1.807) is 0 Å². The molecule has 1 aliphatic heterocycles. The van der Waals surface area contributed by atoms with Crippen LogP contribution in [0.5, 0.6) is 0 Å². The first-order chi connectivity index (χ1) is 13.6. The van der Waals surface area contributed by atoms with Crippen molar-refractivity contribution in [2.75, 3.05) is 25.0 Å². The Labute approximate surface area is 169 Å². The molecule has 1 aliphatic carbocycles. The molecule has 6 heteroatoms. The first-order valence-corrected chi connectivity index (χ1v) is 10.8. The van der Waals surface area contributed by atoms with Gasteiger partial charge in [0.2, 0.25) is 0 Å². The molecule has 0 radical (unpaired) electrons. The van der Waals surface area contributed by atoms with Crippen molar-refractivity contribution < 1.29 is 4.79 Å². The predicted molar refractivity (Wildman–Crippen MR) is 116 cm³/mol. The summed E-state index contributed by atoms with van der Waals surface area (Å²) in [5, 5.41) is 9.97. The Hall–Kier alpha value is -2.24. The highest BCUT2D eigenvalue weighted by atomic mass is 16.2. The fourth-order valence-corrected chi connectivity index (χ4v) is 3.96. The van der Waals surface area contributed by atoms with E-state index >= 15 is 0 Å². The van der Waals surface area contributed by atoms with Crippen LogP contribution >= 0.6 is 0 Å². The van der Waals surface area contributed by atoms with Gasteiger partial charge in [0.15, 0.2) is 5.96 Å². The van der Waals surface area contributed by atoms with Crippen molar-refractivity contribution in [3.8, 4) is 0 Å². The van der Waals surface area contributed by atoms with Gasteiger partial charge < -0.3 is 20.9 Å². The maximum Gasteiger partial charge on any atom is 0.321 e. The monoisotopic (exact) mass is 385 g/mol. The summed E-state index contributed by atoms with van der Waals surface area (Å²) in [5.41, 5.74) is 1.93. The molecule has 0 spiro atoms. The Bertz CT molecular complexity index is 661. The van der Waals surface area contributed by atoms with Crippen molar-refractivity contribution in [2.24, 2.45) is 10.9 Å². The number of nitrogens with zero attached hydrogens (tertiary/aromatic N) is 2. The van der Waals surface area contributed by atoms with E-state index in [1.807, 2.05) is 23.1 Å². The molecule has 1 saturated heterocycles. The zero-order valence-corrected chi connectivity index (χ0v) is 17.3. The van der Waals surface area contributed by atoms with Crippen LogP contribution in [0.3, 0.4) is 0 Å². The molecule has 1 aromatic rings. The molecule has 1 heterocycles. The number of carbonyl (C=O) groups excluding carboxylic acids is 1. The smallest absolute Gasteiger partial charge is 0.321 e. The number of carbonyl (C=O) groups is 1. The normalized spacial score (nSPS) is 22.8. The van der Waals surface area contributed by atoms with Crippen molar-refractivity contribution in [2.45, 2.75) is 65.0 Å². The quantitative estimate of drug-likeness (QED) is 0.531. The third kappa shape index (κ3) is 6.14. The summed E-state index contributed by atoms with van der Waals surface area (Å²) in [7, 11) is 0. The third-order valence-corrected chi connectivity index (χ3v) is 5.69. The second-order valence-electron chi connectivity index (χ2n) is 8.12. The van der Waals surface area contributed by atoms with Gasteiger partial charge in [0.1, 0.15) is 0 Å². The predicted octanol–water partition coefficient (Wildman–Crippen LogP) is 3.95. The molecule has 0 bridgehead atoms. The number of anilines is 1. The van der Waals surface area contributed by atoms with Crippen LogP contribution in [-0.4, -0.2) is 42.6 Å². The molecule has 28 heavy (non-hydrogen) atoms. The van der Waals surface area contributed by atoms with Gasteiger partial charge in [-0.05, 0) is 69.1 Å². The lowest BCUT2D eigenvalue weighted by Crippen LogP contribution is -2.44. The fourth-order valence-electron chi connectivity index (χ4n) is 3.96. The largest absolute Gasteiger partial charge is 0.357 e. The van der Waals surface area contributed by atoms with Gasteiger partial charge in [-0.1, -0.05) is 19.1 Å². The highest BCUT2D eigenvalue weighted by Gasteiger charge is 2.19. The Morgan fingerprint density at radius 2 is 1.93 bits per heavy atom. The SMILES string of the molecule is CCNC(=NCc1cccc(NC(=O)N2CCCC2)c1)NC1CCC(C)CC1. The maximum atomic E-state index is 12.3. The van der Waals surface area contributed by atoms with E-state index in [4.69, 9.17) is 4.99 Å². The lowest BCUT2D eigenvalue weighted by atomic mass is 9.87. The molecule has 3 N–H and O–H groups in total. The first kappa shape index (κ1) is 20.5. The Balaban J connectivity index is 1.56. The van der Waals surface area contributed by atoms with Gasteiger partial charge in [-0.25, -0.2) is 9.79 Å². The maximum absolute atomic E-state index is 12.3. The van der Waals surface area contributed by atoms with E-state index in [1.165, 1.54) is 25.7 Å². The van der Waals surface area contributed by atoms with Gasteiger partial charge in [-0.15, -0.1) is 0 Å². The summed E-state index contributed by atoms with van der Waals surface area (Å²) in [4.78, 5) is 18.9. The van der Waals surface area contributed by atoms with Gasteiger partial charge in [0, 0.05) is 31.4 Å². The summed E-state index contributed by atoms with van der Waals surface area (Å²) in [5.74, 6) is 1.73. The zero-order valence-electron chi connectivity index (χ0n) is 17.3. The van der Waals surface area contributed by atoms with Crippen molar-refractivity contribution in [1.82, 2.24) is 15.5 Å². The summed E-state index contributed by atoms with van der Waals surface area (Å²) in [6.07, 6.45) is 7.20. The molecule has 1 aromatic carbocycles. The number of urea groups is 1. The minimum atomic E-state index is -0.000293. The molecule has 2 amide bonds. The van der Waals surface area contributed by atoms with Gasteiger partial charge >= 0.3 is 6.03 Å². The molecule has 1 saturated carbocycles. The van der Waals surface area contributed by atoms with Gasteiger partial charge in [0.25, 0.3) is 0 Å². The van der Waals surface area contributed by atoms with Crippen LogP contribution in [0.25, 0.3) is 0 Å². The number of aliphatic imine (C=N–C) groups is 1. The number of hydrogen-bond donors (Lipinski definition) is 3. The topological polar surface area (TPSA) is 68.8 Å². The molecule has 2 aliphatic rings. The molecule has 154 valence electrons. The molecule has 0 atom stereocenters. The number of nitrogens with one attached hydrogen (secondary N) is 3. The van der Waals surface area contributed by atoms with Crippen molar-refractivity contribution >= 4 is 17.7 Å². The molecule has 2 fully saturated rings. The number of likely N-dealkylation sites (tertiary alicyclic amines) is 1. The van der Waals surface area contributed by atoms with Crippen molar-refractivity contribution in [3.63, 3.8) is 0 Å². The molecular weight excluding hydrogens is 350 g/mol. The first-order valence-electron chi connectivity index (χ1n) is 10.8. The van der Waals surface area contributed by atoms with Crippen LogP contribution < -0.4 is 16.0 Å². The second kappa shape index (κ2) is 10.3. The second-order valence-corrected chi connectivity index (χ2v) is 8.12. The van der Waals surface area contributed by atoms with Crippen LogP contribution in [0.4, 0.5) is 10.5 Å². The van der Waals surface area contributed by atoms with Crippen molar-refractivity contribution in [1.29, 1.82) is 0 Å². The van der Waals surface area contributed by atoms with Crippen LogP contribution in [0.1, 0.15) is 57.9 Å². The van der Waals surface area contributed by atoms with E-state index < -0.39 is 0 Å². The van der Waals surface area contributed by atoms with Crippen LogP contribution in [0.15, 0.2) is 29.3 Å². The average molecular weight is 386 g/mol. The Kier molecular flexibility index (Phi) is 7.57.